The Bertz CT molecular complexity index is 585. The van der Waals surface area contributed by atoms with Gasteiger partial charge in [-0.15, -0.1) is 22.7 Å². The first kappa shape index (κ1) is 16.6. The first-order chi connectivity index (χ1) is 10.2. The highest BCUT2D eigenvalue weighted by Crippen LogP contribution is 2.31. The number of methoxy groups -OCH3 is 1. The Labute approximate surface area is 139 Å². The van der Waals surface area contributed by atoms with Crippen molar-refractivity contribution in [1.29, 1.82) is 0 Å². The van der Waals surface area contributed by atoms with Crippen molar-refractivity contribution in [3.8, 4) is 9.88 Å². The maximum atomic E-state index is 12.0. The molecule has 0 atom stereocenters. The van der Waals surface area contributed by atoms with Gasteiger partial charge >= 0.3 is 0 Å². The summed E-state index contributed by atoms with van der Waals surface area (Å²) in [5.74, 6) is -0.137. The lowest BCUT2D eigenvalue weighted by atomic mass is 10.4. The van der Waals surface area contributed by atoms with E-state index in [9.17, 15) is 4.79 Å². The first-order valence-corrected chi connectivity index (χ1v) is 8.93. The molecule has 2 rings (SSSR count). The average Bonchev–Trinajstić information content (AvgIpc) is 3.11. The van der Waals surface area contributed by atoms with Gasteiger partial charge in [0, 0.05) is 42.0 Å². The summed E-state index contributed by atoms with van der Waals surface area (Å²) in [5, 5.41) is 10.7. The Morgan fingerprint density at radius 3 is 2.90 bits per heavy atom. The fourth-order valence-electron chi connectivity index (χ4n) is 1.57. The molecule has 0 aliphatic carbocycles. The zero-order valence-corrected chi connectivity index (χ0v) is 14.7. The number of ether oxygens (including phenoxy) is 1. The van der Waals surface area contributed by atoms with Gasteiger partial charge in [-0.3, -0.25) is 4.79 Å². The topological polar surface area (TPSA) is 63.2 Å². The normalized spacial score (nSPS) is 10.8. The van der Waals surface area contributed by atoms with Crippen LogP contribution in [0.4, 0.5) is 0 Å². The number of aromatic nitrogens is 1. The van der Waals surface area contributed by atoms with E-state index in [1.807, 2.05) is 11.4 Å². The van der Waals surface area contributed by atoms with Gasteiger partial charge in [0.25, 0.3) is 5.91 Å². The number of thiophene rings is 1. The zero-order chi connectivity index (χ0) is 15.1. The summed E-state index contributed by atoms with van der Waals surface area (Å²) >= 11 is 6.50. The number of hydrogen-bond donors (Lipinski definition) is 2. The zero-order valence-electron chi connectivity index (χ0n) is 11.5. The summed E-state index contributed by atoms with van der Waals surface area (Å²) in [4.78, 5) is 17.4. The third-order valence-corrected chi connectivity index (χ3v) is 5.29. The molecule has 8 heteroatoms. The van der Waals surface area contributed by atoms with Crippen LogP contribution in [-0.4, -0.2) is 44.2 Å². The van der Waals surface area contributed by atoms with Crippen molar-refractivity contribution in [3.63, 3.8) is 0 Å². The van der Waals surface area contributed by atoms with Crippen LogP contribution in [0, 0.1) is 0 Å². The van der Waals surface area contributed by atoms with Crippen molar-refractivity contribution < 1.29 is 9.53 Å². The van der Waals surface area contributed by atoms with Crippen LogP contribution in [0.5, 0.6) is 0 Å². The number of amides is 1. The van der Waals surface area contributed by atoms with Crippen molar-refractivity contribution in [3.05, 3.63) is 27.0 Å². The number of rotatable bonds is 8. The maximum absolute atomic E-state index is 12.0. The van der Waals surface area contributed by atoms with Crippen LogP contribution in [-0.2, 0) is 4.74 Å². The first-order valence-electron chi connectivity index (χ1n) is 6.38. The van der Waals surface area contributed by atoms with Crippen LogP contribution >= 0.6 is 38.6 Å². The highest BCUT2D eigenvalue weighted by molar-refractivity contribution is 9.10. The smallest absolute Gasteiger partial charge is 0.270 e. The summed E-state index contributed by atoms with van der Waals surface area (Å²) in [7, 11) is 1.66. The number of carbonyl (C=O) groups excluding carboxylic acids is 1. The summed E-state index contributed by atoms with van der Waals surface area (Å²) in [5.41, 5.74) is 0.469. The van der Waals surface area contributed by atoms with Gasteiger partial charge in [-0.05, 0) is 22.0 Å². The molecule has 2 heterocycles. The predicted molar refractivity (Wildman–Crippen MR) is 90.2 cm³/mol. The second-order valence-electron chi connectivity index (χ2n) is 4.17. The molecule has 0 bridgehead atoms. The second kappa shape index (κ2) is 8.60. The van der Waals surface area contributed by atoms with Gasteiger partial charge in [-0.25, -0.2) is 4.98 Å². The highest BCUT2D eigenvalue weighted by atomic mass is 79.9. The lowest BCUT2D eigenvalue weighted by Crippen LogP contribution is -2.33. The molecule has 2 aromatic rings. The Kier molecular flexibility index (Phi) is 6.78. The minimum Gasteiger partial charge on any atom is -0.383 e. The van der Waals surface area contributed by atoms with Crippen LogP contribution in [0.2, 0.25) is 0 Å². The van der Waals surface area contributed by atoms with Crippen molar-refractivity contribution in [2.75, 3.05) is 33.4 Å². The average molecular weight is 390 g/mol. The van der Waals surface area contributed by atoms with E-state index in [-0.39, 0.29) is 5.91 Å². The molecule has 0 radical (unpaired) electrons. The van der Waals surface area contributed by atoms with E-state index in [1.54, 1.807) is 23.8 Å². The monoisotopic (exact) mass is 389 g/mol. The molecular formula is C13H16BrN3O2S2. The van der Waals surface area contributed by atoms with E-state index in [4.69, 9.17) is 4.74 Å². The third kappa shape index (κ3) is 5.15. The van der Waals surface area contributed by atoms with Crippen LogP contribution in [0.3, 0.4) is 0 Å². The van der Waals surface area contributed by atoms with Crippen molar-refractivity contribution in [2.45, 2.75) is 0 Å². The Morgan fingerprint density at radius 2 is 2.19 bits per heavy atom. The molecule has 0 spiro atoms. The van der Waals surface area contributed by atoms with Gasteiger partial charge in [-0.2, -0.15) is 0 Å². The van der Waals surface area contributed by atoms with E-state index in [0.717, 1.165) is 20.9 Å². The van der Waals surface area contributed by atoms with Gasteiger partial charge in [0.15, 0.2) is 0 Å². The standard InChI is InChI=1S/C13H16BrN3O2S2/c1-19-5-4-15-2-3-16-12(18)10-8-21-13(17-10)11-6-9(14)7-20-11/h6-8,15H,2-5H2,1H3,(H,16,18). The van der Waals surface area contributed by atoms with Crippen molar-refractivity contribution >= 4 is 44.5 Å². The summed E-state index contributed by atoms with van der Waals surface area (Å²) in [6, 6.07) is 2.00. The molecule has 0 aromatic carbocycles. The molecule has 5 nitrogen and oxygen atoms in total. The summed E-state index contributed by atoms with van der Waals surface area (Å²) < 4.78 is 5.96. The fraction of sp³-hybridized carbons (Fsp3) is 0.385. The van der Waals surface area contributed by atoms with E-state index in [2.05, 4.69) is 31.5 Å². The molecule has 0 aliphatic heterocycles. The molecule has 21 heavy (non-hydrogen) atoms. The van der Waals surface area contributed by atoms with Crippen LogP contribution < -0.4 is 10.6 Å². The molecule has 114 valence electrons. The van der Waals surface area contributed by atoms with Crippen LogP contribution in [0.1, 0.15) is 10.5 Å². The summed E-state index contributed by atoms with van der Waals surface area (Å²) in [6.45, 7) is 2.73. The maximum Gasteiger partial charge on any atom is 0.270 e. The minimum absolute atomic E-state index is 0.137. The van der Waals surface area contributed by atoms with Gasteiger partial charge in [0.2, 0.25) is 0 Å². The van der Waals surface area contributed by atoms with Crippen molar-refractivity contribution in [1.82, 2.24) is 15.6 Å². The van der Waals surface area contributed by atoms with E-state index in [0.29, 0.717) is 25.4 Å². The van der Waals surface area contributed by atoms with Crippen molar-refractivity contribution in [2.24, 2.45) is 0 Å². The number of hydrogen-bond acceptors (Lipinski definition) is 6. The molecule has 2 aromatic heterocycles. The molecule has 1 amide bonds. The minimum atomic E-state index is -0.137. The number of nitrogens with one attached hydrogen (secondary N) is 2. The lowest BCUT2D eigenvalue weighted by molar-refractivity contribution is 0.0949. The molecule has 0 fully saturated rings. The molecule has 2 N–H and O–H groups in total. The largest absolute Gasteiger partial charge is 0.383 e. The summed E-state index contributed by atoms with van der Waals surface area (Å²) in [6.07, 6.45) is 0. The van der Waals surface area contributed by atoms with E-state index >= 15 is 0 Å². The molecule has 0 aliphatic rings. The van der Waals surface area contributed by atoms with E-state index in [1.165, 1.54) is 11.3 Å². The number of halogens is 1. The van der Waals surface area contributed by atoms with Gasteiger partial charge in [-0.1, -0.05) is 0 Å². The molecule has 0 saturated carbocycles. The fourth-order valence-corrected chi connectivity index (χ4v) is 3.88. The van der Waals surface area contributed by atoms with E-state index < -0.39 is 0 Å². The molecular weight excluding hydrogens is 374 g/mol. The van der Waals surface area contributed by atoms with Crippen LogP contribution in [0.25, 0.3) is 9.88 Å². The molecule has 0 unspecified atom stereocenters. The SMILES string of the molecule is COCCNCCNC(=O)c1csc(-c2cc(Br)cs2)n1. The number of nitrogens with zero attached hydrogens (tertiary/aromatic N) is 1. The third-order valence-electron chi connectivity index (χ3n) is 2.59. The second-order valence-corrected chi connectivity index (χ2v) is 6.85. The van der Waals surface area contributed by atoms with Gasteiger partial charge in [0.05, 0.1) is 11.5 Å². The number of thiazole rings is 1. The van der Waals surface area contributed by atoms with Gasteiger partial charge < -0.3 is 15.4 Å². The van der Waals surface area contributed by atoms with Crippen LogP contribution in [0.15, 0.2) is 21.3 Å². The van der Waals surface area contributed by atoms with Gasteiger partial charge in [0.1, 0.15) is 10.7 Å². The quantitative estimate of drug-likeness (QED) is 0.681. The Balaban J connectivity index is 1.79. The molecule has 0 saturated heterocycles. The Morgan fingerprint density at radius 1 is 1.33 bits per heavy atom. The number of carbonyl (C=O) groups is 1. The Hall–Kier alpha value is -0.800. The lowest BCUT2D eigenvalue weighted by Gasteiger charge is -2.04. The predicted octanol–water partition coefficient (Wildman–Crippen LogP) is 2.60. The highest BCUT2D eigenvalue weighted by Gasteiger charge is 2.12.